The first-order chi connectivity index (χ1) is 8.65. The quantitative estimate of drug-likeness (QED) is 0.479. The van der Waals surface area contributed by atoms with Crippen molar-refractivity contribution >= 4 is 16.8 Å². The average molecular weight is 985 g/mol. The van der Waals surface area contributed by atoms with Crippen molar-refractivity contribution in [3.8, 4) is 5.75 Å². The molecule has 122 valence electrons. The molecular formula is C14H12N2O2Re4-4. The number of hydrogen-bond acceptors (Lipinski definition) is 3. The maximum Gasteiger partial charge on any atom is 0.0868 e. The summed E-state index contributed by atoms with van der Waals surface area (Å²) in [6, 6.07) is 11.9. The standard InChI is InChI=1S/C14H12N2O2.4Re/c1-10(2)16-14(17)9-18-12-5-6-13-11(8-12)4-3-7-15-13;;;;/h4-5,7-9H,1-2H3,(H,16,17);;;;/q-4;;;;. The first kappa shape index (κ1) is 27.3. The van der Waals surface area contributed by atoms with Gasteiger partial charge in [-0.05, 0) is 5.75 Å². The van der Waals surface area contributed by atoms with E-state index in [-0.39, 0.29) is 87.6 Å². The second kappa shape index (κ2) is 13.8. The molecule has 8 heteroatoms. The number of rotatable bonds is 4. The van der Waals surface area contributed by atoms with Crippen LogP contribution >= 0.6 is 0 Å². The number of nitrogens with one attached hydrogen (secondary N) is 1. The summed E-state index contributed by atoms with van der Waals surface area (Å²) in [5, 5.41) is 3.48. The molecule has 2 aromatic rings. The van der Waals surface area contributed by atoms with Crippen molar-refractivity contribution in [1.82, 2.24) is 10.3 Å². The summed E-state index contributed by atoms with van der Waals surface area (Å²) in [5.41, 5.74) is 0.739. The molecule has 0 aliphatic carbocycles. The smallest absolute Gasteiger partial charge is 0.0868 e. The Hall–Kier alpha value is 0.419. The SMILES string of the molecule is C[C-](C)NC(=O)[CH-]Oc1c[c-]c2nc[c-]cc2c1.[Re].[Re].[Re].[Re]. The predicted molar refractivity (Wildman–Crippen MR) is 67.1 cm³/mol. The predicted octanol–water partition coefficient (Wildman–Crippen LogP) is 2.05. The molecule has 1 aromatic heterocycles. The van der Waals surface area contributed by atoms with Gasteiger partial charge < -0.3 is 19.8 Å². The van der Waals surface area contributed by atoms with Crippen molar-refractivity contribution in [3.05, 3.63) is 49.2 Å². The van der Waals surface area contributed by atoms with Crippen LogP contribution in [0.15, 0.2) is 24.4 Å². The Morgan fingerprint density at radius 1 is 1.27 bits per heavy atom. The van der Waals surface area contributed by atoms with Crippen LogP contribution in [0.1, 0.15) is 13.8 Å². The van der Waals surface area contributed by atoms with E-state index >= 15 is 0 Å². The molecule has 0 bridgehead atoms. The van der Waals surface area contributed by atoms with Crippen LogP contribution in [0.4, 0.5) is 0 Å². The molecule has 0 unspecified atom stereocenters. The number of benzene rings is 1. The Kier molecular flexibility index (Phi) is 17.1. The third-order valence-electron chi connectivity index (χ3n) is 2.10. The Labute approximate surface area is 185 Å². The molecule has 22 heavy (non-hydrogen) atoms. The summed E-state index contributed by atoms with van der Waals surface area (Å²) in [6.07, 6.45) is 1.58. The van der Waals surface area contributed by atoms with Gasteiger partial charge in [-0.1, -0.05) is 11.7 Å². The largest absolute Gasteiger partial charge is 0.691 e. The molecular weight excluding hydrogens is 973 g/mol. The van der Waals surface area contributed by atoms with E-state index in [0.717, 1.165) is 23.6 Å². The van der Waals surface area contributed by atoms with Gasteiger partial charge >= 0.3 is 0 Å². The molecule has 4 radical (unpaired) electrons. The van der Waals surface area contributed by atoms with Gasteiger partial charge in [0.15, 0.2) is 0 Å². The molecule has 0 spiro atoms. The number of ether oxygens (including phenoxy) is 1. The van der Waals surface area contributed by atoms with E-state index in [1.807, 2.05) is 0 Å². The molecule has 1 amide bonds. The maximum atomic E-state index is 11.3. The zero-order chi connectivity index (χ0) is 13.0. The molecule has 0 saturated heterocycles. The Morgan fingerprint density at radius 3 is 2.59 bits per heavy atom. The molecule has 0 aliphatic heterocycles. The third-order valence-corrected chi connectivity index (χ3v) is 2.10. The number of amides is 1. The first-order valence-electron chi connectivity index (χ1n) is 5.44. The van der Waals surface area contributed by atoms with Crippen LogP contribution < -0.4 is 10.1 Å². The van der Waals surface area contributed by atoms with Crippen molar-refractivity contribution in [3.63, 3.8) is 0 Å². The van der Waals surface area contributed by atoms with E-state index in [1.54, 1.807) is 38.2 Å². The first-order valence-corrected chi connectivity index (χ1v) is 5.44. The summed E-state index contributed by atoms with van der Waals surface area (Å²) in [6.45, 7) is 4.73. The minimum absolute atomic E-state index is 0. The van der Waals surface area contributed by atoms with Crippen LogP contribution in [0.3, 0.4) is 0 Å². The number of carbonyl (C=O) groups is 1. The molecule has 0 fully saturated rings. The third kappa shape index (κ3) is 8.90. The van der Waals surface area contributed by atoms with Crippen LogP contribution in [0.5, 0.6) is 5.75 Å². The van der Waals surface area contributed by atoms with Crippen LogP contribution in [0.25, 0.3) is 10.9 Å². The fourth-order valence-corrected chi connectivity index (χ4v) is 1.40. The summed E-state index contributed by atoms with van der Waals surface area (Å²) in [4.78, 5) is 15.4. The zero-order valence-corrected chi connectivity index (χ0v) is 22.5. The van der Waals surface area contributed by atoms with Gasteiger partial charge in [-0.15, -0.1) is 6.07 Å². The number of carbonyl (C=O) groups excluding carboxylic acids is 1. The Balaban J connectivity index is -0.000000902. The fourth-order valence-electron chi connectivity index (χ4n) is 1.40. The molecule has 1 heterocycles. The van der Waals surface area contributed by atoms with E-state index in [1.165, 1.54) is 0 Å². The Morgan fingerprint density at radius 2 is 1.95 bits per heavy atom. The van der Waals surface area contributed by atoms with Gasteiger partial charge in [0, 0.05) is 81.7 Å². The monoisotopic (exact) mass is 988 g/mol. The number of hydrogen-bond donors (Lipinski definition) is 1. The molecule has 1 aromatic carbocycles. The van der Waals surface area contributed by atoms with Gasteiger partial charge in [0.25, 0.3) is 0 Å². The molecule has 0 aliphatic rings. The molecule has 0 saturated carbocycles. The normalized spacial score (nSPS) is 8.50. The molecule has 4 nitrogen and oxygen atoms in total. The van der Waals surface area contributed by atoms with Crippen LogP contribution in [-0.4, -0.2) is 10.9 Å². The van der Waals surface area contributed by atoms with Gasteiger partial charge in [-0.25, -0.2) is 18.2 Å². The van der Waals surface area contributed by atoms with Gasteiger partial charge in [0.1, 0.15) is 0 Å². The second-order valence-corrected chi connectivity index (χ2v) is 3.93. The average Bonchev–Trinajstić information content (AvgIpc) is 2.35. The number of fused-ring (bicyclic) bond motifs is 1. The van der Waals surface area contributed by atoms with Crippen LogP contribution in [-0.2, 0) is 86.5 Å². The van der Waals surface area contributed by atoms with E-state index < -0.39 is 0 Å². The Bertz CT molecular complexity index is 567. The zero-order valence-electron chi connectivity index (χ0n) is 11.7. The van der Waals surface area contributed by atoms with Crippen molar-refractivity contribution in [1.29, 1.82) is 0 Å². The summed E-state index contributed by atoms with van der Waals surface area (Å²) >= 11 is 0. The fraction of sp³-hybridized carbons (Fsp3) is 0.143. The van der Waals surface area contributed by atoms with E-state index in [0.29, 0.717) is 5.75 Å². The topological polar surface area (TPSA) is 51.2 Å². The second-order valence-electron chi connectivity index (χ2n) is 3.93. The summed E-state index contributed by atoms with van der Waals surface area (Å²) in [7, 11) is 0. The van der Waals surface area contributed by atoms with Crippen molar-refractivity contribution in [2.45, 2.75) is 13.8 Å². The molecule has 2 rings (SSSR count). The molecule has 1 N–H and O–H groups in total. The maximum absolute atomic E-state index is 11.3. The van der Waals surface area contributed by atoms with Gasteiger partial charge in [0.2, 0.25) is 0 Å². The number of nitrogens with zero attached hydrogens (tertiary/aromatic N) is 1. The van der Waals surface area contributed by atoms with Crippen molar-refractivity contribution in [2.24, 2.45) is 0 Å². The van der Waals surface area contributed by atoms with E-state index in [2.05, 4.69) is 22.4 Å². The van der Waals surface area contributed by atoms with E-state index in [9.17, 15) is 4.79 Å². The minimum Gasteiger partial charge on any atom is -0.691 e. The summed E-state index contributed by atoms with van der Waals surface area (Å²) in [5.74, 6) is 0.237. The van der Waals surface area contributed by atoms with Gasteiger partial charge in [0.05, 0.1) is 5.91 Å². The minimum atomic E-state index is -0.298. The number of aromatic nitrogens is 1. The van der Waals surface area contributed by atoms with Crippen molar-refractivity contribution < 1.29 is 91.2 Å². The van der Waals surface area contributed by atoms with Gasteiger partial charge in [-0.3, -0.25) is 0 Å². The summed E-state index contributed by atoms with van der Waals surface area (Å²) < 4.78 is 5.25. The van der Waals surface area contributed by atoms with Gasteiger partial charge in [-0.2, -0.15) is 38.0 Å². The van der Waals surface area contributed by atoms with Crippen LogP contribution in [0, 0.1) is 24.8 Å². The van der Waals surface area contributed by atoms with E-state index in [4.69, 9.17) is 4.74 Å². The van der Waals surface area contributed by atoms with Crippen molar-refractivity contribution in [2.75, 3.05) is 0 Å². The molecule has 0 atom stereocenters. The number of pyridine rings is 1. The van der Waals surface area contributed by atoms with Crippen LogP contribution in [0.2, 0.25) is 0 Å².